The van der Waals surface area contributed by atoms with E-state index in [1.54, 1.807) is 7.11 Å². The van der Waals surface area contributed by atoms with Crippen molar-refractivity contribution >= 4 is 34.0 Å². The second-order valence-electron chi connectivity index (χ2n) is 5.75. The molecular formula is C20H19ClN2O3S. The van der Waals surface area contributed by atoms with E-state index in [0.29, 0.717) is 11.6 Å². The van der Waals surface area contributed by atoms with Gasteiger partial charge in [-0.2, -0.15) is 0 Å². The van der Waals surface area contributed by atoms with Gasteiger partial charge in [-0.3, -0.25) is 4.79 Å². The van der Waals surface area contributed by atoms with E-state index >= 15 is 0 Å². The van der Waals surface area contributed by atoms with E-state index in [0.717, 1.165) is 32.6 Å². The van der Waals surface area contributed by atoms with Gasteiger partial charge in [0.05, 0.1) is 26.3 Å². The van der Waals surface area contributed by atoms with Crippen LogP contribution in [0.3, 0.4) is 0 Å². The fourth-order valence-corrected chi connectivity index (χ4v) is 3.60. The number of methoxy groups -OCH3 is 2. The average molecular weight is 403 g/mol. The molecule has 0 aliphatic heterocycles. The minimum absolute atomic E-state index is 0.177. The maximum atomic E-state index is 11.8. The van der Waals surface area contributed by atoms with E-state index in [4.69, 9.17) is 21.1 Å². The van der Waals surface area contributed by atoms with Crippen molar-refractivity contribution in [3.05, 3.63) is 64.0 Å². The van der Waals surface area contributed by atoms with Crippen LogP contribution in [0.25, 0.3) is 11.3 Å². The Morgan fingerprint density at radius 2 is 1.81 bits per heavy atom. The largest absolute Gasteiger partial charge is 0.497 e. The lowest BCUT2D eigenvalue weighted by Crippen LogP contribution is -2.03. The lowest BCUT2D eigenvalue weighted by molar-refractivity contribution is -0.139. The molecule has 0 radical (unpaired) electrons. The smallest absolute Gasteiger partial charge is 0.310 e. The lowest BCUT2D eigenvalue weighted by atomic mass is 10.1. The summed E-state index contributed by atoms with van der Waals surface area (Å²) in [5.74, 6) is 0.522. The molecule has 0 amide bonds. The Hall–Kier alpha value is -2.57. The molecule has 0 saturated carbocycles. The van der Waals surface area contributed by atoms with Crippen molar-refractivity contribution in [1.29, 1.82) is 0 Å². The quantitative estimate of drug-likeness (QED) is 0.575. The van der Waals surface area contributed by atoms with Crippen LogP contribution in [0.1, 0.15) is 10.4 Å². The molecule has 7 heteroatoms. The number of aromatic nitrogens is 1. The molecule has 0 aliphatic rings. The van der Waals surface area contributed by atoms with Gasteiger partial charge in [0.15, 0.2) is 5.13 Å². The van der Waals surface area contributed by atoms with E-state index in [-0.39, 0.29) is 12.4 Å². The fraction of sp³-hybridized carbons (Fsp3) is 0.200. The molecule has 140 valence electrons. The van der Waals surface area contributed by atoms with Crippen LogP contribution >= 0.6 is 22.9 Å². The Balaban J connectivity index is 1.81. The SMILES string of the molecule is COC(=O)Cc1sc(NCc2ccc(OC)cc2)nc1-c1ccc(Cl)cc1. The zero-order valence-electron chi connectivity index (χ0n) is 15.0. The fourth-order valence-electron chi connectivity index (χ4n) is 2.50. The Bertz CT molecular complexity index is 908. The highest BCUT2D eigenvalue weighted by molar-refractivity contribution is 7.16. The number of esters is 1. The monoisotopic (exact) mass is 402 g/mol. The number of nitrogens with zero attached hydrogens (tertiary/aromatic N) is 1. The summed E-state index contributed by atoms with van der Waals surface area (Å²) < 4.78 is 9.98. The van der Waals surface area contributed by atoms with Gasteiger partial charge >= 0.3 is 5.97 Å². The molecule has 5 nitrogen and oxygen atoms in total. The first-order valence-electron chi connectivity index (χ1n) is 8.28. The number of thiazole rings is 1. The van der Waals surface area contributed by atoms with Gasteiger partial charge in [0, 0.05) is 22.0 Å². The number of anilines is 1. The first kappa shape index (κ1) is 19.2. The minimum Gasteiger partial charge on any atom is -0.497 e. The van der Waals surface area contributed by atoms with E-state index in [1.165, 1.54) is 18.4 Å². The van der Waals surface area contributed by atoms with E-state index < -0.39 is 0 Å². The topological polar surface area (TPSA) is 60.5 Å². The van der Waals surface area contributed by atoms with Crippen molar-refractivity contribution in [2.75, 3.05) is 19.5 Å². The lowest BCUT2D eigenvalue weighted by Gasteiger charge is -2.04. The number of nitrogens with one attached hydrogen (secondary N) is 1. The van der Waals surface area contributed by atoms with E-state index in [2.05, 4.69) is 10.3 Å². The van der Waals surface area contributed by atoms with Crippen LogP contribution in [0, 0.1) is 0 Å². The normalized spacial score (nSPS) is 10.5. The zero-order chi connectivity index (χ0) is 19.2. The molecule has 0 spiro atoms. The summed E-state index contributed by atoms with van der Waals surface area (Å²) in [6, 6.07) is 15.2. The molecule has 0 fully saturated rings. The van der Waals surface area contributed by atoms with Crippen molar-refractivity contribution in [3.63, 3.8) is 0 Å². The van der Waals surface area contributed by atoms with Gasteiger partial charge in [-0.05, 0) is 29.8 Å². The second kappa shape index (κ2) is 8.88. The maximum Gasteiger partial charge on any atom is 0.310 e. The Labute approximate surface area is 166 Å². The number of hydrogen-bond donors (Lipinski definition) is 1. The average Bonchev–Trinajstić information content (AvgIpc) is 3.09. The molecule has 0 bridgehead atoms. The summed E-state index contributed by atoms with van der Waals surface area (Å²) in [4.78, 5) is 17.3. The Kier molecular flexibility index (Phi) is 6.32. The molecule has 0 aliphatic carbocycles. The molecule has 3 aromatic rings. The molecular weight excluding hydrogens is 384 g/mol. The highest BCUT2D eigenvalue weighted by Gasteiger charge is 2.16. The predicted octanol–water partition coefficient (Wildman–Crippen LogP) is 4.80. The summed E-state index contributed by atoms with van der Waals surface area (Å²) in [6.07, 6.45) is 0.177. The summed E-state index contributed by atoms with van der Waals surface area (Å²) >= 11 is 7.43. The summed E-state index contributed by atoms with van der Waals surface area (Å²) in [5.41, 5.74) is 2.78. The molecule has 0 saturated heterocycles. The first-order valence-corrected chi connectivity index (χ1v) is 9.47. The van der Waals surface area contributed by atoms with Crippen LogP contribution in [0.15, 0.2) is 48.5 Å². The van der Waals surface area contributed by atoms with Crippen molar-refractivity contribution in [2.45, 2.75) is 13.0 Å². The van der Waals surface area contributed by atoms with E-state index in [9.17, 15) is 4.79 Å². The van der Waals surface area contributed by atoms with Crippen LogP contribution in [-0.2, 0) is 22.5 Å². The third-order valence-corrected chi connectivity index (χ3v) is 5.22. The van der Waals surface area contributed by atoms with Gasteiger partial charge in [0.2, 0.25) is 0 Å². The van der Waals surface area contributed by atoms with Crippen molar-refractivity contribution in [3.8, 4) is 17.0 Å². The minimum atomic E-state index is -0.296. The molecule has 0 atom stereocenters. The molecule has 3 rings (SSSR count). The highest BCUT2D eigenvalue weighted by atomic mass is 35.5. The summed E-state index contributed by atoms with van der Waals surface area (Å²) in [5, 5.41) is 4.72. The maximum absolute atomic E-state index is 11.8. The van der Waals surface area contributed by atoms with Gasteiger partial charge in [-0.25, -0.2) is 4.98 Å². The van der Waals surface area contributed by atoms with Gasteiger partial charge in [0.1, 0.15) is 5.75 Å². The molecule has 1 N–H and O–H groups in total. The van der Waals surface area contributed by atoms with Crippen LogP contribution in [-0.4, -0.2) is 25.2 Å². The number of rotatable bonds is 7. The third kappa shape index (κ3) is 4.99. The number of hydrogen-bond acceptors (Lipinski definition) is 6. The van der Waals surface area contributed by atoms with Gasteiger partial charge in [-0.1, -0.05) is 35.9 Å². The van der Waals surface area contributed by atoms with Gasteiger partial charge in [-0.15, -0.1) is 11.3 Å². The van der Waals surface area contributed by atoms with Gasteiger partial charge < -0.3 is 14.8 Å². The standard InChI is InChI=1S/C20H19ClN2O3S/c1-25-16-9-3-13(4-10-16)12-22-20-23-19(14-5-7-15(21)8-6-14)17(27-20)11-18(24)26-2/h3-10H,11-12H2,1-2H3,(H,22,23). The predicted molar refractivity (Wildman–Crippen MR) is 109 cm³/mol. The summed E-state index contributed by atoms with van der Waals surface area (Å²) in [7, 11) is 3.03. The number of carbonyl (C=O) groups excluding carboxylic acids is 1. The Morgan fingerprint density at radius 3 is 2.44 bits per heavy atom. The summed E-state index contributed by atoms with van der Waals surface area (Å²) in [6.45, 7) is 0.620. The van der Waals surface area contributed by atoms with Crippen LogP contribution in [0.5, 0.6) is 5.75 Å². The number of benzene rings is 2. The van der Waals surface area contributed by atoms with E-state index in [1.807, 2.05) is 48.5 Å². The first-order chi connectivity index (χ1) is 13.1. The molecule has 27 heavy (non-hydrogen) atoms. The van der Waals surface area contributed by atoms with Crippen LogP contribution < -0.4 is 10.1 Å². The second-order valence-corrected chi connectivity index (χ2v) is 7.27. The molecule has 1 heterocycles. The van der Waals surface area contributed by atoms with Crippen LogP contribution in [0.4, 0.5) is 5.13 Å². The van der Waals surface area contributed by atoms with Gasteiger partial charge in [0.25, 0.3) is 0 Å². The van der Waals surface area contributed by atoms with Crippen molar-refractivity contribution < 1.29 is 14.3 Å². The van der Waals surface area contributed by atoms with Crippen molar-refractivity contribution in [1.82, 2.24) is 4.98 Å². The number of ether oxygens (including phenoxy) is 2. The molecule has 0 unspecified atom stereocenters. The highest BCUT2D eigenvalue weighted by Crippen LogP contribution is 2.32. The number of carbonyl (C=O) groups is 1. The molecule has 2 aromatic carbocycles. The van der Waals surface area contributed by atoms with Crippen molar-refractivity contribution in [2.24, 2.45) is 0 Å². The Morgan fingerprint density at radius 1 is 1.11 bits per heavy atom. The molecule has 1 aromatic heterocycles. The zero-order valence-corrected chi connectivity index (χ0v) is 16.6. The number of halogens is 1. The third-order valence-electron chi connectivity index (χ3n) is 3.95. The van der Waals surface area contributed by atoms with Crippen LogP contribution in [0.2, 0.25) is 5.02 Å².